The summed E-state index contributed by atoms with van der Waals surface area (Å²) < 4.78 is 16.1. The molecule has 0 aliphatic carbocycles. The Labute approximate surface area is 170 Å². The molecule has 140 valence electrons. The van der Waals surface area contributed by atoms with Crippen LogP contribution in [0.4, 0.5) is 0 Å². The molecule has 0 atom stereocenters. The quantitative estimate of drug-likeness (QED) is 0.281. The molecule has 1 aromatic carbocycles. The fourth-order valence-electron chi connectivity index (χ4n) is 2.38. The highest BCUT2D eigenvalue weighted by molar-refractivity contribution is 14.0. The number of benzene rings is 1. The molecule has 2 aromatic rings. The van der Waals surface area contributed by atoms with Crippen LogP contribution in [-0.4, -0.2) is 25.8 Å². The van der Waals surface area contributed by atoms with Gasteiger partial charge in [-0.15, -0.1) is 24.0 Å². The van der Waals surface area contributed by atoms with Gasteiger partial charge in [0, 0.05) is 19.5 Å². The van der Waals surface area contributed by atoms with Crippen LogP contribution in [0.25, 0.3) is 0 Å². The van der Waals surface area contributed by atoms with E-state index in [-0.39, 0.29) is 30.8 Å². The van der Waals surface area contributed by atoms with Crippen molar-refractivity contribution in [2.45, 2.75) is 19.9 Å². The molecule has 0 fully saturated rings. The molecule has 2 heterocycles. The Kier molecular flexibility index (Phi) is 7.83. The lowest BCUT2D eigenvalue weighted by molar-refractivity contribution is 0.174. The molecular weight excluding hydrogens is 445 g/mol. The smallest absolute Gasteiger partial charge is 0.231 e. The molecule has 0 spiro atoms. The second kappa shape index (κ2) is 10.1. The maximum absolute atomic E-state index is 5.41. The summed E-state index contributed by atoms with van der Waals surface area (Å²) in [7, 11) is 0. The Morgan fingerprint density at radius 3 is 2.81 bits per heavy atom. The number of rotatable bonds is 7. The number of halogens is 1. The minimum absolute atomic E-state index is 0. The average Bonchev–Trinajstić information content (AvgIpc) is 3.27. The van der Waals surface area contributed by atoms with Crippen molar-refractivity contribution in [2.75, 3.05) is 19.9 Å². The highest BCUT2D eigenvalue weighted by Crippen LogP contribution is 2.32. The topological polar surface area (TPSA) is 68.0 Å². The summed E-state index contributed by atoms with van der Waals surface area (Å²) >= 11 is 0. The summed E-state index contributed by atoms with van der Waals surface area (Å²) in [6.07, 6.45) is 2.48. The van der Waals surface area contributed by atoms with Crippen LogP contribution in [0.15, 0.2) is 58.2 Å². The summed E-state index contributed by atoms with van der Waals surface area (Å²) in [6, 6.07) is 9.73. The second-order valence-electron chi connectivity index (χ2n) is 5.92. The van der Waals surface area contributed by atoms with Gasteiger partial charge in [0.1, 0.15) is 5.76 Å². The van der Waals surface area contributed by atoms with Crippen molar-refractivity contribution in [3.8, 4) is 11.5 Å². The Morgan fingerprint density at radius 2 is 2.04 bits per heavy atom. The molecular formula is C19H24IN3O3. The van der Waals surface area contributed by atoms with Crippen molar-refractivity contribution >= 4 is 29.9 Å². The standard InChI is InChI=1S/C19H23N3O3.HI/c1-14(2)11-21-19(20-8-7-16-4-3-9-23-16)22-12-15-5-6-17-18(10-15)25-13-24-17;/h3-6,9-10H,1,7-8,11-13H2,2H3,(H2,20,21,22);1H. The first-order chi connectivity index (χ1) is 12.2. The number of nitrogens with one attached hydrogen (secondary N) is 2. The maximum Gasteiger partial charge on any atom is 0.231 e. The zero-order chi connectivity index (χ0) is 17.5. The molecule has 0 unspecified atom stereocenters. The van der Waals surface area contributed by atoms with E-state index in [1.165, 1.54) is 0 Å². The lowest BCUT2D eigenvalue weighted by Crippen LogP contribution is -2.39. The van der Waals surface area contributed by atoms with E-state index in [9.17, 15) is 0 Å². The highest BCUT2D eigenvalue weighted by Gasteiger charge is 2.13. The van der Waals surface area contributed by atoms with Gasteiger partial charge < -0.3 is 24.5 Å². The van der Waals surface area contributed by atoms with Crippen LogP contribution in [0.5, 0.6) is 11.5 Å². The number of hydrogen-bond donors (Lipinski definition) is 2. The lowest BCUT2D eigenvalue weighted by Gasteiger charge is -2.12. The van der Waals surface area contributed by atoms with Crippen LogP contribution in [0.1, 0.15) is 18.2 Å². The van der Waals surface area contributed by atoms with Crippen LogP contribution in [0.3, 0.4) is 0 Å². The van der Waals surface area contributed by atoms with Gasteiger partial charge in [-0.05, 0) is 36.8 Å². The lowest BCUT2D eigenvalue weighted by atomic mass is 10.2. The average molecular weight is 469 g/mol. The summed E-state index contributed by atoms with van der Waals surface area (Å²) in [5.41, 5.74) is 2.11. The van der Waals surface area contributed by atoms with Crippen molar-refractivity contribution in [1.82, 2.24) is 10.6 Å². The largest absolute Gasteiger partial charge is 0.469 e. The Bertz CT molecular complexity index is 744. The molecule has 6 nitrogen and oxygen atoms in total. The van der Waals surface area contributed by atoms with Gasteiger partial charge in [-0.25, -0.2) is 4.99 Å². The van der Waals surface area contributed by atoms with Crippen LogP contribution >= 0.6 is 24.0 Å². The predicted molar refractivity (Wildman–Crippen MR) is 112 cm³/mol. The van der Waals surface area contributed by atoms with E-state index in [2.05, 4.69) is 22.2 Å². The van der Waals surface area contributed by atoms with Gasteiger partial charge in [0.15, 0.2) is 17.5 Å². The van der Waals surface area contributed by atoms with Crippen LogP contribution < -0.4 is 20.1 Å². The minimum Gasteiger partial charge on any atom is -0.469 e. The zero-order valence-electron chi connectivity index (χ0n) is 14.8. The van der Waals surface area contributed by atoms with E-state index in [0.717, 1.165) is 47.3 Å². The molecule has 1 aliphatic rings. The Morgan fingerprint density at radius 1 is 1.19 bits per heavy atom. The molecule has 7 heteroatoms. The Hall–Kier alpha value is -2.16. The third-order valence-electron chi connectivity index (χ3n) is 3.66. The molecule has 0 amide bonds. The van der Waals surface area contributed by atoms with Gasteiger partial charge in [-0.3, -0.25) is 0 Å². The van der Waals surface area contributed by atoms with Crippen molar-refractivity contribution in [3.05, 3.63) is 60.1 Å². The third-order valence-corrected chi connectivity index (χ3v) is 3.66. The van der Waals surface area contributed by atoms with E-state index in [1.807, 2.05) is 37.3 Å². The number of ether oxygens (including phenoxy) is 2. The number of nitrogens with zero attached hydrogens (tertiary/aromatic N) is 1. The molecule has 1 aromatic heterocycles. The first-order valence-electron chi connectivity index (χ1n) is 8.28. The predicted octanol–water partition coefficient (Wildman–Crippen LogP) is 3.48. The Balaban J connectivity index is 0.00000243. The van der Waals surface area contributed by atoms with Crippen LogP contribution in [0.2, 0.25) is 0 Å². The summed E-state index contributed by atoms with van der Waals surface area (Å²) in [5.74, 6) is 3.25. The summed E-state index contributed by atoms with van der Waals surface area (Å²) in [5, 5.41) is 6.59. The third kappa shape index (κ3) is 5.98. The van der Waals surface area contributed by atoms with Crippen molar-refractivity contribution in [3.63, 3.8) is 0 Å². The number of aliphatic imine (C=N–C) groups is 1. The van der Waals surface area contributed by atoms with E-state index in [4.69, 9.17) is 13.9 Å². The molecule has 3 rings (SSSR count). The number of hydrogen-bond acceptors (Lipinski definition) is 4. The second-order valence-corrected chi connectivity index (χ2v) is 5.92. The van der Waals surface area contributed by atoms with E-state index in [1.54, 1.807) is 6.26 Å². The highest BCUT2D eigenvalue weighted by atomic mass is 127. The van der Waals surface area contributed by atoms with Gasteiger partial charge >= 0.3 is 0 Å². The molecule has 0 bridgehead atoms. The van der Waals surface area contributed by atoms with E-state index < -0.39 is 0 Å². The van der Waals surface area contributed by atoms with Gasteiger partial charge in [0.2, 0.25) is 6.79 Å². The van der Waals surface area contributed by atoms with Crippen LogP contribution in [-0.2, 0) is 13.0 Å². The van der Waals surface area contributed by atoms with Crippen molar-refractivity contribution in [1.29, 1.82) is 0 Å². The molecule has 0 radical (unpaired) electrons. The number of fused-ring (bicyclic) bond motifs is 1. The molecule has 26 heavy (non-hydrogen) atoms. The summed E-state index contributed by atoms with van der Waals surface area (Å²) in [4.78, 5) is 4.64. The van der Waals surface area contributed by atoms with E-state index >= 15 is 0 Å². The van der Waals surface area contributed by atoms with Gasteiger partial charge in [0.05, 0.1) is 12.8 Å². The number of furan rings is 1. The van der Waals surface area contributed by atoms with Crippen LogP contribution in [0, 0.1) is 0 Å². The van der Waals surface area contributed by atoms with Crippen molar-refractivity contribution in [2.24, 2.45) is 4.99 Å². The normalized spacial score (nSPS) is 12.4. The van der Waals surface area contributed by atoms with Gasteiger partial charge in [-0.1, -0.05) is 18.2 Å². The van der Waals surface area contributed by atoms with Gasteiger partial charge in [0.25, 0.3) is 0 Å². The van der Waals surface area contributed by atoms with E-state index in [0.29, 0.717) is 13.1 Å². The fourth-order valence-corrected chi connectivity index (χ4v) is 2.38. The molecule has 2 N–H and O–H groups in total. The molecule has 0 saturated heterocycles. The fraction of sp³-hybridized carbons (Fsp3) is 0.316. The minimum atomic E-state index is 0. The number of guanidine groups is 1. The summed E-state index contributed by atoms with van der Waals surface area (Å²) in [6.45, 7) is 8.12. The molecule has 0 saturated carbocycles. The monoisotopic (exact) mass is 469 g/mol. The van der Waals surface area contributed by atoms with Gasteiger partial charge in [-0.2, -0.15) is 0 Å². The first-order valence-corrected chi connectivity index (χ1v) is 8.28. The SMILES string of the molecule is C=C(C)CNC(=NCc1ccc2c(c1)OCO2)NCCc1ccco1.I. The first kappa shape index (κ1) is 20.2. The zero-order valence-corrected chi connectivity index (χ0v) is 17.1. The van der Waals surface area contributed by atoms with Crippen molar-refractivity contribution < 1.29 is 13.9 Å². The maximum atomic E-state index is 5.41. The molecule has 1 aliphatic heterocycles.